The van der Waals surface area contributed by atoms with Crippen molar-refractivity contribution in [3.8, 4) is 22.9 Å². The first-order valence-corrected chi connectivity index (χ1v) is 10.3. The lowest BCUT2D eigenvalue weighted by Gasteiger charge is -2.21. The fraction of sp³-hybridized carbons (Fsp3) is 0.350. The van der Waals surface area contributed by atoms with Crippen molar-refractivity contribution in [2.24, 2.45) is 0 Å². The monoisotopic (exact) mass is 386 g/mol. The number of ether oxygens (including phenoxy) is 2. The van der Waals surface area contributed by atoms with Crippen LogP contribution in [0.25, 0.3) is 11.1 Å². The maximum atomic E-state index is 12.1. The molecule has 142 valence electrons. The molecule has 6 nitrogen and oxygen atoms in total. The minimum absolute atomic E-state index is 0.282. The summed E-state index contributed by atoms with van der Waals surface area (Å²) < 4.78 is 38.2. The third-order valence-electron chi connectivity index (χ3n) is 4.46. The molecule has 0 spiro atoms. The molecule has 1 aliphatic rings. The van der Waals surface area contributed by atoms with Crippen LogP contribution in [0.3, 0.4) is 0 Å². The lowest BCUT2D eigenvalue weighted by molar-refractivity contribution is 0.140. The maximum absolute atomic E-state index is 12.1. The lowest BCUT2D eigenvalue weighted by atomic mass is 10.0. The van der Waals surface area contributed by atoms with Gasteiger partial charge in [0.15, 0.2) is 0 Å². The number of benzene rings is 2. The molecule has 1 aliphatic heterocycles. The van der Waals surface area contributed by atoms with E-state index in [9.17, 15) is 13.7 Å². The smallest absolute Gasteiger partial charge is 0.214 e. The average Bonchev–Trinajstić information content (AvgIpc) is 3.08. The van der Waals surface area contributed by atoms with E-state index in [0.29, 0.717) is 17.9 Å². The molecule has 0 amide bonds. The second-order valence-electron chi connectivity index (χ2n) is 6.69. The zero-order valence-electron chi connectivity index (χ0n) is 15.3. The Morgan fingerprint density at radius 1 is 1.15 bits per heavy atom. The Morgan fingerprint density at radius 2 is 1.85 bits per heavy atom. The second kappa shape index (κ2) is 8.09. The summed E-state index contributed by atoms with van der Waals surface area (Å²) in [6.07, 6.45) is -0.393. The second-order valence-corrected chi connectivity index (χ2v) is 8.96. The molecule has 2 unspecified atom stereocenters. The van der Waals surface area contributed by atoms with Gasteiger partial charge in [-0.05, 0) is 43.2 Å². The number of nitrogens with zero attached hydrogens (tertiary/aromatic N) is 1. The summed E-state index contributed by atoms with van der Waals surface area (Å²) >= 11 is 0. The van der Waals surface area contributed by atoms with Gasteiger partial charge in [0.25, 0.3) is 0 Å². The van der Waals surface area contributed by atoms with Crippen LogP contribution in [0.2, 0.25) is 0 Å². The van der Waals surface area contributed by atoms with Crippen LogP contribution < -0.4 is 9.46 Å². The standard InChI is InChI=1S/C20H22N2O4S/c1-14(2)27(23,24)22-19-12-25-13-20(19)26-17-9-7-15(8-10-17)18-6-4-3-5-16(18)11-21/h3-10,14,19-20,22H,12-13H2,1-2H3. The topological polar surface area (TPSA) is 88.4 Å². The summed E-state index contributed by atoms with van der Waals surface area (Å²) in [6, 6.07) is 16.6. The lowest BCUT2D eigenvalue weighted by Crippen LogP contribution is -2.47. The first-order chi connectivity index (χ1) is 12.9. The highest BCUT2D eigenvalue weighted by atomic mass is 32.2. The van der Waals surface area contributed by atoms with E-state index < -0.39 is 27.4 Å². The molecule has 1 fully saturated rings. The fourth-order valence-corrected chi connectivity index (χ4v) is 3.74. The molecule has 0 aromatic heterocycles. The molecular formula is C20H22N2O4S. The maximum Gasteiger partial charge on any atom is 0.214 e. The van der Waals surface area contributed by atoms with Crippen molar-refractivity contribution in [1.82, 2.24) is 4.72 Å². The van der Waals surface area contributed by atoms with Crippen LogP contribution >= 0.6 is 0 Å². The minimum atomic E-state index is -3.40. The molecule has 0 radical (unpaired) electrons. The zero-order chi connectivity index (χ0) is 19.4. The van der Waals surface area contributed by atoms with Gasteiger partial charge in [0.1, 0.15) is 11.9 Å². The van der Waals surface area contributed by atoms with Crippen molar-refractivity contribution in [2.75, 3.05) is 13.2 Å². The molecule has 1 N–H and O–H groups in total. The molecule has 0 saturated carbocycles. The van der Waals surface area contributed by atoms with Crippen molar-refractivity contribution in [3.63, 3.8) is 0 Å². The number of nitriles is 1. The van der Waals surface area contributed by atoms with Gasteiger partial charge in [0.05, 0.1) is 36.1 Å². The van der Waals surface area contributed by atoms with Gasteiger partial charge >= 0.3 is 0 Å². The normalized spacial score (nSPS) is 19.8. The fourth-order valence-electron chi connectivity index (χ4n) is 2.83. The van der Waals surface area contributed by atoms with Gasteiger partial charge in [-0.15, -0.1) is 0 Å². The molecule has 0 bridgehead atoms. The van der Waals surface area contributed by atoms with Gasteiger partial charge in [-0.2, -0.15) is 5.26 Å². The molecule has 2 aromatic rings. The number of sulfonamides is 1. The minimum Gasteiger partial charge on any atom is -0.486 e. The summed E-state index contributed by atoms with van der Waals surface area (Å²) in [6.45, 7) is 3.87. The summed E-state index contributed by atoms with van der Waals surface area (Å²) in [5.41, 5.74) is 2.39. The molecule has 27 heavy (non-hydrogen) atoms. The van der Waals surface area contributed by atoms with Crippen LogP contribution in [-0.2, 0) is 14.8 Å². The molecule has 1 heterocycles. The molecule has 0 aliphatic carbocycles. The van der Waals surface area contributed by atoms with E-state index in [1.54, 1.807) is 19.9 Å². The molecule has 3 rings (SSSR count). The van der Waals surface area contributed by atoms with E-state index in [2.05, 4.69) is 10.8 Å². The number of hydrogen-bond donors (Lipinski definition) is 1. The predicted molar refractivity (Wildman–Crippen MR) is 103 cm³/mol. The highest BCUT2D eigenvalue weighted by Gasteiger charge is 2.34. The van der Waals surface area contributed by atoms with E-state index in [4.69, 9.17) is 9.47 Å². The van der Waals surface area contributed by atoms with E-state index in [1.807, 2.05) is 42.5 Å². The van der Waals surface area contributed by atoms with E-state index >= 15 is 0 Å². The number of nitrogens with one attached hydrogen (secondary N) is 1. The third kappa shape index (κ3) is 4.48. The quantitative estimate of drug-likeness (QED) is 0.825. The summed E-state index contributed by atoms with van der Waals surface area (Å²) in [7, 11) is -3.40. The van der Waals surface area contributed by atoms with Gasteiger partial charge in [-0.1, -0.05) is 30.3 Å². The van der Waals surface area contributed by atoms with Crippen molar-refractivity contribution in [2.45, 2.75) is 31.2 Å². The number of hydrogen-bond acceptors (Lipinski definition) is 5. The largest absolute Gasteiger partial charge is 0.486 e. The summed E-state index contributed by atoms with van der Waals surface area (Å²) in [5.74, 6) is 0.623. The van der Waals surface area contributed by atoms with Crippen LogP contribution in [-0.4, -0.2) is 39.0 Å². The first kappa shape index (κ1) is 19.4. The van der Waals surface area contributed by atoms with Gasteiger partial charge in [0, 0.05) is 0 Å². The zero-order valence-corrected chi connectivity index (χ0v) is 16.1. The van der Waals surface area contributed by atoms with E-state index in [0.717, 1.165) is 11.1 Å². The van der Waals surface area contributed by atoms with Gasteiger partial charge in [0.2, 0.25) is 10.0 Å². The highest BCUT2D eigenvalue weighted by Crippen LogP contribution is 2.26. The predicted octanol–water partition coefficient (Wildman–Crippen LogP) is 2.70. The first-order valence-electron chi connectivity index (χ1n) is 8.76. The third-order valence-corrected chi connectivity index (χ3v) is 6.34. The summed E-state index contributed by atoms with van der Waals surface area (Å²) in [4.78, 5) is 0. The molecular weight excluding hydrogens is 364 g/mol. The molecule has 7 heteroatoms. The van der Waals surface area contributed by atoms with Crippen LogP contribution in [0.1, 0.15) is 19.4 Å². The SMILES string of the molecule is CC(C)S(=O)(=O)NC1COCC1Oc1ccc(-c2ccccc2C#N)cc1. The van der Waals surface area contributed by atoms with Crippen molar-refractivity contribution in [1.29, 1.82) is 5.26 Å². The Labute approximate surface area is 159 Å². The Bertz CT molecular complexity index is 933. The molecule has 2 aromatic carbocycles. The Morgan fingerprint density at radius 3 is 2.52 bits per heavy atom. The van der Waals surface area contributed by atoms with Gasteiger partial charge < -0.3 is 9.47 Å². The van der Waals surface area contributed by atoms with Gasteiger partial charge in [-0.25, -0.2) is 13.1 Å². The van der Waals surface area contributed by atoms with Crippen molar-refractivity contribution in [3.05, 3.63) is 54.1 Å². The van der Waals surface area contributed by atoms with Crippen LogP contribution in [0.15, 0.2) is 48.5 Å². The number of rotatable bonds is 6. The molecule has 1 saturated heterocycles. The Kier molecular flexibility index (Phi) is 5.80. The molecule has 2 atom stereocenters. The Balaban J connectivity index is 1.72. The van der Waals surface area contributed by atoms with Crippen LogP contribution in [0.4, 0.5) is 0 Å². The van der Waals surface area contributed by atoms with Crippen LogP contribution in [0.5, 0.6) is 5.75 Å². The summed E-state index contributed by atoms with van der Waals surface area (Å²) in [5, 5.41) is 8.72. The Hall–Kier alpha value is -2.40. The van der Waals surface area contributed by atoms with E-state index in [-0.39, 0.29) is 6.61 Å². The van der Waals surface area contributed by atoms with Gasteiger partial charge in [-0.3, -0.25) is 0 Å². The van der Waals surface area contributed by atoms with E-state index in [1.165, 1.54) is 0 Å². The highest BCUT2D eigenvalue weighted by molar-refractivity contribution is 7.90. The van der Waals surface area contributed by atoms with Crippen molar-refractivity contribution >= 4 is 10.0 Å². The average molecular weight is 386 g/mol. The van der Waals surface area contributed by atoms with Crippen LogP contribution in [0, 0.1) is 11.3 Å². The van der Waals surface area contributed by atoms with Crippen molar-refractivity contribution < 1.29 is 17.9 Å².